The summed E-state index contributed by atoms with van der Waals surface area (Å²) in [6.07, 6.45) is 5.92. The van der Waals surface area contributed by atoms with Crippen LogP contribution >= 0.6 is 0 Å². The van der Waals surface area contributed by atoms with Crippen LogP contribution in [0.3, 0.4) is 0 Å². The lowest BCUT2D eigenvalue weighted by molar-refractivity contribution is 0.528. The largest absolute Gasteiger partial charge is 0.321 e. The van der Waals surface area contributed by atoms with Crippen molar-refractivity contribution in [2.45, 2.75) is 38.6 Å². The third kappa shape index (κ3) is 5.50. The smallest absolute Gasteiger partial charge is 0.216 e. The highest BCUT2D eigenvalue weighted by atomic mass is 16.1. The summed E-state index contributed by atoms with van der Waals surface area (Å²) in [5.41, 5.74) is 5.29. The zero-order chi connectivity index (χ0) is 7.11. The van der Waals surface area contributed by atoms with Gasteiger partial charge in [0.15, 0.2) is 0 Å². The lowest BCUT2D eigenvalue weighted by Crippen LogP contribution is -2.20. The number of carbonyl (C=O) groups excluding carboxylic acids is 1. The highest BCUT2D eigenvalue weighted by Crippen LogP contribution is 1.99. The third-order valence-electron chi connectivity index (χ3n) is 1.27. The lowest BCUT2D eigenvalue weighted by atomic mass is 10.1. The van der Waals surface area contributed by atoms with E-state index in [2.05, 4.69) is 6.92 Å². The molecule has 9 heavy (non-hydrogen) atoms. The van der Waals surface area contributed by atoms with Crippen molar-refractivity contribution in [3.05, 3.63) is 0 Å². The van der Waals surface area contributed by atoms with Gasteiger partial charge in [0.05, 0.1) is 6.04 Å². The van der Waals surface area contributed by atoms with Crippen molar-refractivity contribution >= 4 is 6.29 Å². The van der Waals surface area contributed by atoms with E-state index in [0.29, 0.717) is 0 Å². The van der Waals surface area contributed by atoms with Crippen LogP contribution in [-0.2, 0) is 4.79 Å². The van der Waals surface area contributed by atoms with E-state index < -0.39 is 0 Å². The fourth-order valence-electron chi connectivity index (χ4n) is 0.673. The van der Waals surface area contributed by atoms with Crippen LogP contribution in [0.15, 0.2) is 0 Å². The van der Waals surface area contributed by atoms with E-state index in [0.717, 1.165) is 19.3 Å². The molecule has 0 saturated carbocycles. The van der Waals surface area contributed by atoms with Gasteiger partial charge in [-0.25, -0.2) is 0 Å². The van der Waals surface area contributed by atoms with Crippen LogP contribution in [0.2, 0.25) is 0 Å². The number of hydrogen-bond donors (Lipinski definition) is 1. The average molecular weight is 128 g/mol. The van der Waals surface area contributed by atoms with Crippen molar-refractivity contribution in [3.63, 3.8) is 0 Å². The summed E-state index contributed by atoms with van der Waals surface area (Å²) in [4.78, 5) is 9.85. The number of hydrogen-bond acceptors (Lipinski definition) is 2. The molecule has 0 bridgehead atoms. The second-order valence-electron chi connectivity index (χ2n) is 2.22. The van der Waals surface area contributed by atoms with Gasteiger partial charge in [0.25, 0.3) is 0 Å². The minimum atomic E-state index is -0.350. The minimum Gasteiger partial charge on any atom is -0.321 e. The van der Waals surface area contributed by atoms with Gasteiger partial charge in [0, 0.05) is 0 Å². The second-order valence-corrected chi connectivity index (χ2v) is 2.22. The molecule has 0 aromatic heterocycles. The molecule has 0 saturated heterocycles. The first-order valence-electron chi connectivity index (χ1n) is 3.44. The van der Waals surface area contributed by atoms with Crippen LogP contribution in [-0.4, -0.2) is 12.3 Å². The maximum atomic E-state index is 9.85. The molecule has 1 radical (unpaired) electrons. The molecule has 0 heterocycles. The molecule has 1 atom stereocenters. The van der Waals surface area contributed by atoms with Crippen LogP contribution in [0.1, 0.15) is 32.6 Å². The Morgan fingerprint density at radius 2 is 2.22 bits per heavy atom. The molecule has 0 aromatic carbocycles. The van der Waals surface area contributed by atoms with Crippen molar-refractivity contribution in [2.75, 3.05) is 0 Å². The molecular weight excluding hydrogens is 114 g/mol. The molecule has 0 aliphatic heterocycles. The fraction of sp³-hybridized carbons (Fsp3) is 0.857. The molecular formula is C7H14NO. The van der Waals surface area contributed by atoms with Gasteiger partial charge < -0.3 is 5.73 Å². The number of unbranched alkanes of at least 4 members (excludes halogenated alkanes) is 2. The van der Waals surface area contributed by atoms with E-state index in [1.54, 1.807) is 6.29 Å². The Morgan fingerprint density at radius 1 is 1.56 bits per heavy atom. The highest BCUT2D eigenvalue weighted by Gasteiger charge is 1.98. The molecule has 0 fully saturated rings. The first kappa shape index (κ1) is 8.63. The van der Waals surface area contributed by atoms with Gasteiger partial charge in [-0.15, -0.1) is 0 Å². The molecule has 0 aliphatic carbocycles. The van der Waals surface area contributed by atoms with Crippen molar-refractivity contribution in [1.82, 2.24) is 0 Å². The van der Waals surface area contributed by atoms with Crippen LogP contribution < -0.4 is 5.73 Å². The van der Waals surface area contributed by atoms with Crippen LogP contribution in [0.25, 0.3) is 0 Å². The maximum Gasteiger partial charge on any atom is 0.216 e. The summed E-state index contributed by atoms with van der Waals surface area (Å²) in [6.45, 7) is 2.12. The Hall–Kier alpha value is -0.370. The Labute approximate surface area is 56.4 Å². The molecule has 0 aliphatic rings. The van der Waals surface area contributed by atoms with Crippen molar-refractivity contribution in [2.24, 2.45) is 5.73 Å². The highest BCUT2D eigenvalue weighted by molar-refractivity contribution is 5.57. The van der Waals surface area contributed by atoms with Gasteiger partial charge in [0.1, 0.15) is 0 Å². The van der Waals surface area contributed by atoms with Crippen molar-refractivity contribution in [1.29, 1.82) is 0 Å². The Kier molecular flexibility index (Phi) is 5.52. The van der Waals surface area contributed by atoms with Crippen LogP contribution in [0.4, 0.5) is 0 Å². The predicted molar refractivity (Wildman–Crippen MR) is 37.8 cm³/mol. The van der Waals surface area contributed by atoms with E-state index in [4.69, 9.17) is 5.73 Å². The molecule has 53 valence electrons. The van der Waals surface area contributed by atoms with E-state index in [1.807, 2.05) is 0 Å². The van der Waals surface area contributed by atoms with E-state index in [-0.39, 0.29) is 6.04 Å². The molecule has 0 rings (SSSR count). The molecule has 2 N–H and O–H groups in total. The third-order valence-corrected chi connectivity index (χ3v) is 1.27. The monoisotopic (exact) mass is 128 g/mol. The van der Waals surface area contributed by atoms with Gasteiger partial charge in [-0.05, 0) is 6.42 Å². The topological polar surface area (TPSA) is 43.1 Å². The van der Waals surface area contributed by atoms with Gasteiger partial charge >= 0.3 is 0 Å². The zero-order valence-electron chi connectivity index (χ0n) is 5.89. The first-order chi connectivity index (χ1) is 4.31. The minimum absolute atomic E-state index is 0.350. The van der Waals surface area contributed by atoms with E-state index in [9.17, 15) is 4.79 Å². The van der Waals surface area contributed by atoms with Crippen molar-refractivity contribution in [3.8, 4) is 0 Å². The summed E-state index contributed by atoms with van der Waals surface area (Å²) >= 11 is 0. The Bertz CT molecular complexity index is 73.3. The molecule has 0 amide bonds. The molecule has 0 spiro atoms. The summed E-state index contributed by atoms with van der Waals surface area (Å²) in [6, 6.07) is -0.350. The first-order valence-corrected chi connectivity index (χ1v) is 3.44. The van der Waals surface area contributed by atoms with Crippen molar-refractivity contribution < 1.29 is 4.79 Å². The zero-order valence-corrected chi connectivity index (χ0v) is 5.89. The molecule has 2 heteroatoms. The van der Waals surface area contributed by atoms with E-state index >= 15 is 0 Å². The standard InChI is InChI=1S/C7H14NO/c1-2-3-4-5-7(8)6-9/h7H,2-5,8H2,1H3. The Balaban J connectivity index is 2.96. The van der Waals surface area contributed by atoms with Gasteiger partial charge in [-0.1, -0.05) is 26.2 Å². The number of rotatable bonds is 5. The summed E-state index contributed by atoms with van der Waals surface area (Å²) < 4.78 is 0. The van der Waals surface area contributed by atoms with Crippen LogP contribution in [0, 0.1) is 0 Å². The quantitative estimate of drug-likeness (QED) is 0.561. The predicted octanol–water partition coefficient (Wildman–Crippen LogP) is 1.00. The molecule has 1 unspecified atom stereocenters. The molecule has 2 nitrogen and oxygen atoms in total. The second kappa shape index (κ2) is 5.76. The van der Waals surface area contributed by atoms with Gasteiger partial charge in [0.2, 0.25) is 6.29 Å². The molecule has 0 aromatic rings. The van der Waals surface area contributed by atoms with Gasteiger partial charge in [-0.3, -0.25) is 4.79 Å². The Morgan fingerprint density at radius 3 is 2.67 bits per heavy atom. The normalized spacial score (nSPS) is 13.1. The summed E-state index contributed by atoms with van der Waals surface area (Å²) in [5, 5.41) is 0. The lowest BCUT2D eigenvalue weighted by Gasteiger charge is -1.99. The summed E-state index contributed by atoms with van der Waals surface area (Å²) in [7, 11) is 0. The van der Waals surface area contributed by atoms with E-state index in [1.165, 1.54) is 6.42 Å². The van der Waals surface area contributed by atoms with Gasteiger partial charge in [-0.2, -0.15) is 0 Å². The summed E-state index contributed by atoms with van der Waals surface area (Å²) in [5.74, 6) is 0. The number of nitrogens with two attached hydrogens (primary N) is 1. The SMILES string of the molecule is CCCCCC(N)[C]=O. The fourth-order valence-corrected chi connectivity index (χ4v) is 0.673. The maximum absolute atomic E-state index is 9.85. The average Bonchev–Trinajstić information content (AvgIpc) is 1.89. The van der Waals surface area contributed by atoms with Crippen LogP contribution in [0.5, 0.6) is 0 Å².